The Morgan fingerprint density at radius 3 is 2.62 bits per heavy atom. The summed E-state index contributed by atoms with van der Waals surface area (Å²) in [7, 11) is 0. The highest BCUT2D eigenvalue weighted by atomic mass is 19.1. The number of halogens is 1. The molecule has 164 valence electrons. The standard InChI is InChI=1S/C25H25FN4O2/c1-16-15-30(25-27-13-18(14-28-25)21-4-2-3-5-22(21)26)23-12-17(6-7-20(16)23)24(31)29-19-8-10-32-11-9-19/h2-7,12-14,16,19H,8-11,15H2,1H3,(H,29,31). The fraction of sp³-hybridized carbons (Fsp3) is 0.320. The van der Waals surface area contributed by atoms with Gasteiger partial charge >= 0.3 is 0 Å². The lowest BCUT2D eigenvalue weighted by Crippen LogP contribution is -2.38. The van der Waals surface area contributed by atoms with Crippen molar-refractivity contribution in [2.45, 2.75) is 31.7 Å². The summed E-state index contributed by atoms with van der Waals surface area (Å²) in [5, 5.41) is 3.12. The van der Waals surface area contributed by atoms with Crippen molar-refractivity contribution in [3.63, 3.8) is 0 Å². The highest BCUT2D eigenvalue weighted by Gasteiger charge is 2.29. The van der Waals surface area contributed by atoms with E-state index in [9.17, 15) is 9.18 Å². The van der Waals surface area contributed by atoms with E-state index in [1.54, 1.807) is 30.6 Å². The number of nitrogens with one attached hydrogen (secondary N) is 1. The van der Waals surface area contributed by atoms with Crippen LogP contribution in [-0.4, -0.2) is 41.7 Å². The first kappa shape index (κ1) is 20.6. The molecule has 1 aromatic heterocycles. The third-order valence-corrected chi connectivity index (χ3v) is 6.19. The smallest absolute Gasteiger partial charge is 0.251 e. The van der Waals surface area contributed by atoms with Gasteiger partial charge in [0, 0.05) is 66.5 Å². The van der Waals surface area contributed by atoms with Gasteiger partial charge in [0.25, 0.3) is 5.91 Å². The third kappa shape index (κ3) is 3.96. The summed E-state index contributed by atoms with van der Waals surface area (Å²) in [6, 6.07) is 12.6. The predicted molar refractivity (Wildman–Crippen MR) is 121 cm³/mol. The van der Waals surface area contributed by atoms with Gasteiger partial charge in [-0.25, -0.2) is 14.4 Å². The Morgan fingerprint density at radius 1 is 1.12 bits per heavy atom. The fourth-order valence-electron chi connectivity index (χ4n) is 4.40. The van der Waals surface area contributed by atoms with Crippen molar-refractivity contribution in [2.75, 3.05) is 24.7 Å². The first-order valence-corrected chi connectivity index (χ1v) is 11.0. The van der Waals surface area contributed by atoms with Crippen molar-refractivity contribution in [1.29, 1.82) is 0 Å². The van der Waals surface area contributed by atoms with Crippen LogP contribution in [0.25, 0.3) is 11.1 Å². The monoisotopic (exact) mass is 432 g/mol. The van der Waals surface area contributed by atoms with E-state index in [4.69, 9.17) is 4.74 Å². The van der Waals surface area contributed by atoms with Gasteiger partial charge in [-0.05, 0) is 36.6 Å². The van der Waals surface area contributed by atoms with E-state index < -0.39 is 0 Å². The average molecular weight is 432 g/mol. The van der Waals surface area contributed by atoms with E-state index in [0.29, 0.717) is 35.9 Å². The lowest BCUT2D eigenvalue weighted by atomic mass is 10.0. The van der Waals surface area contributed by atoms with E-state index in [1.165, 1.54) is 6.07 Å². The Labute approximate surface area is 186 Å². The number of ether oxygens (including phenoxy) is 1. The number of benzene rings is 2. The van der Waals surface area contributed by atoms with Crippen molar-refractivity contribution in [1.82, 2.24) is 15.3 Å². The summed E-state index contributed by atoms with van der Waals surface area (Å²) in [6.45, 7) is 4.23. The van der Waals surface area contributed by atoms with E-state index >= 15 is 0 Å². The molecule has 7 heteroatoms. The molecule has 0 saturated carbocycles. The van der Waals surface area contributed by atoms with Crippen LogP contribution in [0, 0.1) is 5.82 Å². The maximum absolute atomic E-state index is 14.1. The van der Waals surface area contributed by atoms with E-state index in [-0.39, 0.29) is 23.7 Å². The molecule has 1 atom stereocenters. The van der Waals surface area contributed by atoms with Crippen LogP contribution in [0.2, 0.25) is 0 Å². The molecule has 6 nitrogen and oxygen atoms in total. The lowest BCUT2D eigenvalue weighted by Gasteiger charge is -2.23. The van der Waals surface area contributed by atoms with Gasteiger partial charge in [-0.3, -0.25) is 4.79 Å². The molecule has 0 spiro atoms. The third-order valence-electron chi connectivity index (χ3n) is 6.19. The molecular formula is C25H25FN4O2. The number of carbonyl (C=O) groups excluding carboxylic acids is 1. The summed E-state index contributed by atoms with van der Waals surface area (Å²) in [5.74, 6) is 0.448. The number of carbonyl (C=O) groups is 1. The minimum Gasteiger partial charge on any atom is -0.381 e. The van der Waals surface area contributed by atoms with Crippen LogP contribution in [0.15, 0.2) is 54.9 Å². The van der Waals surface area contributed by atoms with Gasteiger partial charge in [0.05, 0.1) is 0 Å². The Kier molecular flexibility index (Phi) is 5.57. The summed E-state index contributed by atoms with van der Waals surface area (Å²) < 4.78 is 19.5. The van der Waals surface area contributed by atoms with Crippen LogP contribution in [-0.2, 0) is 4.74 Å². The minimum absolute atomic E-state index is 0.0741. The molecule has 2 aliphatic heterocycles. The van der Waals surface area contributed by atoms with Crippen LogP contribution in [0.3, 0.4) is 0 Å². The summed E-state index contributed by atoms with van der Waals surface area (Å²) >= 11 is 0. The van der Waals surface area contributed by atoms with Crippen molar-refractivity contribution in [3.8, 4) is 11.1 Å². The number of anilines is 2. The maximum atomic E-state index is 14.1. The topological polar surface area (TPSA) is 67.4 Å². The van der Waals surface area contributed by atoms with Crippen LogP contribution in [0.4, 0.5) is 16.0 Å². The molecule has 0 bridgehead atoms. The van der Waals surface area contributed by atoms with Gasteiger partial charge in [-0.2, -0.15) is 0 Å². The lowest BCUT2D eigenvalue weighted by molar-refractivity contribution is 0.0696. The first-order chi connectivity index (χ1) is 15.6. The summed E-state index contributed by atoms with van der Waals surface area (Å²) in [5.41, 5.74) is 3.83. The number of fused-ring (bicyclic) bond motifs is 1. The van der Waals surface area contributed by atoms with Gasteiger partial charge in [0.15, 0.2) is 0 Å². The fourth-order valence-corrected chi connectivity index (χ4v) is 4.40. The molecule has 1 fully saturated rings. The zero-order valence-electron chi connectivity index (χ0n) is 17.9. The van der Waals surface area contributed by atoms with Crippen LogP contribution in [0.1, 0.15) is 41.6 Å². The molecule has 2 aromatic carbocycles. The zero-order chi connectivity index (χ0) is 22.1. The molecule has 1 N–H and O–H groups in total. The number of rotatable bonds is 4. The highest BCUT2D eigenvalue weighted by molar-refractivity contribution is 5.96. The Hall–Kier alpha value is -3.32. The van der Waals surface area contributed by atoms with E-state index in [2.05, 4.69) is 22.2 Å². The Bertz CT molecular complexity index is 1130. The van der Waals surface area contributed by atoms with Crippen molar-refractivity contribution >= 4 is 17.5 Å². The van der Waals surface area contributed by atoms with Crippen molar-refractivity contribution in [3.05, 3.63) is 71.8 Å². The summed E-state index contributed by atoms with van der Waals surface area (Å²) in [6.07, 6.45) is 4.96. The minimum atomic E-state index is -0.302. The molecule has 1 amide bonds. The van der Waals surface area contributed by atoms with E-state index in [1.807, 2.05) is 23.1 Å². The second kappa shape index (κ2) is 8.67. The van der Waals surface area contributed by atoms with Gasteiger partial charge in [-0.15, -0.1) is 0 Å². The molecule has 2 aliphatic rings. The average Bonchev–Trinajstić information content (AvgIpc) is 3.16. The largest absolute Gasteiger partial charge is 0.381 e. The van der Waals surface area contributed by atoms with Crippen LogP contribution in [0.5, 0.6) is 0 Å². The highest BCUT2D eigenvalue weighted by Crippen LogP contribution is 2.40. The molecule has 0 aliphatic carbocycles. The van der Waals surface area contributed by atoms with Crippen molar-refractivity contribution in [2.24, 2.45) is 0 Å². The molecule has 1 unspecified atom stereocenters. The van der Waals surface area contributed by atoms with E-state index in [0.717, 1.165) is 30.6 Å². The maximum Gasteiger partial charge on any atom is 0.251 e. The SMILES string of the molecule is CC1CN(c2ncc(-c3ccccc3F)cn2)c2cc(C(=O)NC3CCOCC3)ccc21. The molecule has 3 aromatic rings. The van der Waals surface area contributed by atoms with Crippen LogP contribution < -0.4 is 10.2 Å². The molecular weight excluding hydrogens is 407 g/mol. The molecule has 1 saturated heterocycles. The van der Waals surface area contributed by atoms with Gasteiger partial charge < -0.3 is 15.0 Å². The van der Waals surface area contributed by atoms with Crippen LogP contribution >= 0.6 is 0 Å². The van der Waals surface area contributed by atoms with Gasteiger partial charge in [0.2, 0.25) is 5.95 Å². The second-order valence-corrected chi connectivity index (χ2v) is 8.40. The van der Waals surface area contributed by atoms with Gasteiger partial charge in [-0.1, -0.05) is 31.2 Å². The summed E-state index contributed by atoms with van der Waals surface area (Å²) in [4.78, 5) is 23.9. The second-order valence-electron chi connectivity index (χ2n) is 8.40. The van der Waals surface area contributed by atoms with Crippen molar-refractivity contribution < 1.29 is 13.9 Å². The molecule has 0 radical (unpaired) electrons. The number of aromatic nitrogens is 2. The zero-order valence-corrected chi connectivity index (χ0v) is 17.9. The number of amides is 1. The molecule has 5 rings (SSSR count). The Morgan fingerprint density at radius 2 is 1.88 bits per heavy atom. The molecule has 3 heterocycles. The quantitative estimate of drug-likeness (QED) is 0.660. The molecule has 32 heavy (non-hydrogen) atoms. The normalized spacial score (nSPS) is 18.4. The predicted octanol–water partition coefficient (Wildman–Crippen LogP) is 4.45. The first-order valence-electron chi connectivity index (χ1n) is 11.0. The number of hydrogen-bond acceptors (Lipinski definition) is 5. The Balaban J connectivity index is 1.40. The number of nitrogens with zero attached hydrogens (tertiary/aromatic N) is 3. The number of hydrogen-bond donors (Lipinski definition) is 1. The van der Waals surface area contributed by atoms with Gasteiger partial charge in [0.1, 0.15) is 5.82 Å².